The van der Waals surface area contributed by atoms with Gasteiger partial charge in [0.15, 0.2) is 5.13 Å². The Kier molecular flexibility index (Phi) is 3.69. The molecule has 0 aliphatic heterocycles. The summed E-state index contributed by atoms with van der Waals surface area (Å²) in [6, 6.07) is 8.25. The topological polar surface area (TPSA) is 59.1 Å². The van der Waals surface area contributed by atoms with Crippen LogP contribution < -0.4 is 5.32 Å². The first-order chi connectivity index (χ1) is 9.52. The highest BCUT2D eigenvalue weighted by molar-refractivity contribution is 7.91. The van der Waals surface area contributed by atoms with Crippen LogP contribution in [0.25, 0.3) is 10.2 Å². The van der Waals surface area contributed by atoms with Crippen LogP contribution >= 0.6 is 11.3 Å². The van der Waals surface area contributed by atoms with Crippen LogP contribution in [-0.2, 0) is 9.84 Å². The Morgan fingerprint density at radius 3 is 2.85 bits per heavy atom. The molecule has 1 aliphatic carbocycles. The van der Waals surface area contributed by atoms with E-state index in [0.717, 1.165) is 34.6 Å². The molecule has 2 atom stereocenters. The predicted octanol–water partition coefficient (Wildman–Crippen LogP) is 3.06. The normalized spacial score (nSPS) is 23.9. The zero-order chi connectivity index (χ0) is 14.2. The number of fused-ring (bicyclic) bond motifs is 1. The summed E-state index contributed by atoms with van der Waals surface area (Å²) in [5.74, 6) is 0. The molecule has 1 saturated carbocycles. The number of hydrogen-bond acceptors (Lipinski definition) is 5. The van der Waals surface area contributed by atoms with E-state index < -0.39 is 9.84 Å². The molecule has 1 heterocycles. The summed E-state index contributed by atoms with van der Waals surface area (Å²) in [4.78, 5) is 4.55. The first-order valence-corrected chi connectivity index (χ1v) is 9.60. The SMILES string of the molecule is CS(=O)(=O)C1CCCC(Nc2nc3ccccc3s2)C1. The highest BCUT2D eigenvalue weighted by Gasteiger charge is 2.29. The van der Waals surface area contributed by atoms with Crippen molar-refractivity contribution in [3.8, 4) is 0 Å². The van der Waals surface area contributed by atoms with Crippen LogP contribution in [-0.4, -0.2) is 30.9 Å². The quantitative estimate of drug-likeness (QED) is 0.946. The van der Waals surface area contributed by atoms with Gasteiger partial charge in [0.25, 0.3) is 0 Å². The van der Waals surface area contributed by atoms with Crippen molar-refractivity contribution in [2.45, 2.75) is 37.0 Å². The lowest BCUT2D eigenvalue weighted by Crippen LogP contribution is -2.34. The molecule has 4 nitrogen and oxygen atoms in total. The Morgan fingerprint density at radius 2 is 2.10 bits per heavy atom. The largest absolute Gasteiger partial charge is 0.359 e. The summed E-state index contributed by atoms with van der Waals surface area (Å²) >= 11 is 1.63. The average Bonchev–Trinajstić information content (AvgIpc) is 2.80. The molecule has 1 aliphatic rings. The lowest BCUT2D eigenvalue weighted by atomic mass is 9.95. The van der Waals surface area contributed by atoms with E-state index in [0.29, 0.717) is 6.42 Å². The number of anilines is 1. The number of nitrogens with zero attached hydrogens (tertiary/aromatic N) is 1. The Bertz CT molecular complexity index is 676. The van der Waals surface area contributed by atoms with Gasteiger partial charge in [-0.2, -0.15) is 0 Å². The molecule has 1 aromatic carbocycles. The average molecular weight is 310 g/mol. The lowest BCUT2D eigenvalue weighted by molar-refractivity contribution is 0.453. The van der Waals surface area contributed by atoms with E-state index in [4.69, 9.17) is 0 Å². The molecule has 0 saturated heterocycles. The fourth-order valence-electron chi connectivity index (χ4n) is 2.77. The third-order valence-corrected chi connectivity index (χ3v) is 6.46. The molecule has 2 unspecified atom stereocenters. The zero-order valence-electron chi connectivity index (χ0n) is 11.4. The zero-order valence-corrected chi connectivity index (χ0v) is 13.0. The molecular formula is C14H18N2O2S2. The lowest BCUT2D eigenvalue weighted by Gasteiger charge is -2.28. The summed E-state index contributed by atoms with van der Waals surface area (Å²) in [7, 11) is -2.93. The minimum atomic E-state index is -2.93. The van der Waals surface area contributed by atoms with E-state index in [2.05, 4.69) is 16.4 Å². The van der Waals surface area contributed by atoms with Crippen LogP contribution in [0.15, 0.2) is 24.3 Å². The summed E-state index contributed by atoms with van der Waals surface area (Å²) in [5, 5.41) is 4.10. The maximum Gasteiger partial charge on any atom is 0.184 e. The van der Waals surface area contributed by atoms with E-state index in [-0.39, 0.29) is 11.3 Å². The number of sulfone groups is 1. The fraction of sp³-hybridized carbons (Fsp3) is 0.500. The molecule has 0 radical (unpaired) electrons. The number of nitrogens with one attached hydrogen (secondary N) is 1. The van der Waals surface area contributed by atoms with Crippen molar-refractivity contribution >= 4 is 36.5 Å². The maximum absolute atomic E-state index is 11.7. The van der Waals surface area contributed by atoms with Crippen molar-refractivity contribution in [2.75, 3.05) is 11.6 Å². The van der Waals surface area contributed by atoms with Gasteiger partial charge in [-0.1, -0.05) is 29.9 Å². The van der Waals surface area contributed by atoms with E-state index in [1.165, 1.54) is 6.26 Å². The summed E-state index contributed by atoms with van der Waals surface area (Å²) in [6.07, 6.45) is 4.80. The van der Waals surface area contributed by atoms with Crippen LogP contribution in [0.1, 0.15) is 25.7 Å². The Balaban J connectivity index is 1.74. The van der Waals surface area contributed by atoms with Gasteiger partial charge in [0, 0.05) is 12.3 Å². The van der Waals surface area contributed by atoms with Crippen molar-refractivity contribution in [2.24, 2.45) is 0 Å². The van der Waals surface area contributed by atoms with Crippen molar-refractivity contribution < 1.29 is 8.42 Å². The highest BCUT2D eigenvalue weighted by atomic mass is 32.2. The Morgan fingerprint density at radius 1 is 1.30 bits per heavy atom. The Hall–Kier alpha value is -1.14. The highest BCUT2D eigenvalue weighted by Crippen LogP contribution is 2.30. The number of thiazole rings is 1. The number of hydrogen-bond donors (Lipinski definition) is 1. The molecule has 2 aromatic rings. The van der Waals surface area contributed by atoms with Crippen molar-refractivity contribution in [3.05, 3.63) is 24.3 Å². The molecule has 108 valence electrons. The van der Waals surface area contributed by atoms with Crippen LogP contribution in [0, 0.1) is 0 Å². The first-order valence-electron chi connectivity index (χ1n) is 6.83. The molecule has 0 bridgehead atoms. The second-order valence-corrected chi connectivity index (χ2v) is 8.80. The van der Waals surface area contributed by atoms with Crippen LogP contribution in [0.2, 0.25) is 0 Å². The number of aromatic nitrogens is 1. The predicted molar refractivity (Wildman–Crippen MR) is 84.1 cm³/mol. The van der Waals surface area contributed by atoms with Crippen LogP contribution in [0.4, 0.5) is 5.13 Å². The van der Waals surface area contributed by atoms with Gasteiger partial charge < -0.3 is 5.32 Å². The maximum atomic E-state index is 11.7. The summed E-state index contributed by atoms with van der Waals surface area (Å²) in [6.45, 7) is 0. The molecule has 1 N–H and O–H groups in total. The monoisotopic (exact) mass is 310 g/mol. The third kappa shape index (κ3) is 2.96. The van der Waals surface area contributed by atoms with E-state index in [1.54, 1.807) is 11.3 Å². The molecule has 0 amide bonds. The smallest absolute Gasteiger partial charge is 0.184 e. The van der Waals surface area contributed by atoms with Gasteiger partial charge >= 0.3 is 0 Å². The summed E-state index contributed by atoms with van der Waals surface area (Å²) < 4.78 is 24.5. The van der Waals surface area contributed by atoms with Gasteiger partial charge in [-0.15, -0.1) is 0 Å². The first kappa shape index (κ1) is 13.8. The van der Waals surface area contributed by atoms with Crippen LogP contribution in [0.5, 0.6) is 0 Å². The molecule has 0 spiro atoms. The van der Waals surface area contributed by atoms with E-state index in [9.17, 15) is 8.42 Å². The minimum Gasteiger partial charge on any atom is -0.359 e. The molecule has 1 aromatic heterocycles. The summed E-state index contributed by atoms with van der Waals surface area (Å²) in [5.41, 5.74) is 0.996. The van der Waals surface area contributed by atoms with Gasteiger partial charge in [-0.05, 0) is 31.4 Å². The van der Waals surface area contributed by atoms with Gasteiger partial charge in [0.05, 0.1) is 15.5 Å². The number of rotatable bonds is 3. The molecule has 1 fully saturated rings. The second kappa shape index (κ2) is 5.33. The van der Waals surface area contributed by atoms with Gasteiger partial charge in [0.2, 0.25) is 0 Å². The van der Waals surface area contributed by atoms with E-state index >= 15 is 0 Å². The Labute approximate surface area is 123 Å². The second-order valence-electron chi connectivity index (χ2n) is 5.45. The fourth-order valence-corrected chi connectivity index (χ4v) is 4.89. The van der Waals surface area contributed by atoms with Crippen molar-refractivity contribution in [3.63, 3.8) is 0 Å². The van der Waals surface area contributed by atoms with Gasteiger partial charge in [-0.3, -0.25) is 0 Å². The molecular weight excluding hydrogens is 292 g/mol. The minimum absolute atomic E-state index is 0.205. The van der Waals surface area contributed by atoms with E-state index in [1.807, 2.05) is 18.2 Å². The van der Waals surface area contributed by atoms with Gasteiger partial charge in [0.1, 0.15) is 9.84 Å². The van der Waals surface area contributed by atoms with Crippen molar-refractivity contribution in [1.29, 1.82) is 0 Å². The van der Waals surface area contributed by atoms with Crippen LogP contribution in [0.3, 0.4) is 0 Å². The van der Waals surface area contributed by atoms with Gasteiger partial charge in [-0.25, -0.2) is 13.4 Å². The van der Waals surface area contributed by atoms with Crippen molar-refractivity contribution in [1.82, 2.24) is 4.98 Å². The molecule has 3 rings (SSSR count). The standard InChI is InChI=1S/C14H18N2O2S2/c1-20(17,18)11-6-4-5-10(9-11)15-14-16-12-7-2-3-8-13(12)19-14/h2-3,7-8,10-11H,4-6,9H2,1H3,(H,15,16). The molecule has 6 heteroatoms. The number of para-hydroxylation sites is 1. The molecule has 20 heavy (non-hydrogen) atoms. The third-order valence-electron chi connectivity index (χ3n) is 3.85. The number of benzene rings is 1.